The fourth-order valence-corrected chi connectivity index (χ4v) is 2.42. The van der Waals surface area contributed by atoms with Crippen molar-refractivity contribution in [2.45, 2.75) is 6.10 Å². The third kappa shape index (κ3) is 3.38. The first-order chi connectivity index (χ1) is 11.5. The minimum atomic E-state index is -1.20. The van der Waals surface area contributed by atoms with Gasteiger partial charge < -0.3 is 14.7 Å². The van der Waals surface area contributed by atoms with Crippen LogP contribution in [0.2, 0.25) is 0 Å². The van der Waals surface area contributed by atoms with Gasteiger partial charge in [0.15, 0.2) is 5.69 Å². The lowest BCUT2D eigenvalue weighted by atomic mass is 10.1. The van der Waals surface area contributed by atoms with E-state index in [4.69, 9.17) is 9.84 Å². The molecule has 1 unspecified atom stereocenters. The molecule has 0 radical (unpaired) electrons. The summed E-state index contributed by atoms with van der Waals surface area (Å²) in [7, 11) is 0. The Morgan fingerprint density at radius 3 is 2.46 bits per heavy atom. The molecule has 8 heteroatoms. The molecule has 124 valence electrons. The quantitative estimate of drug-likeness (QED) is 0.917. The first-order valence-electron chi connectivity index (χ1n) is 7.26. The summed E-state index contributed by atoms with van der Waals surface area (Å²) in [5.74, 6) is -1.89. The van der Waals surface area contributed by atoms with Crippen LogP contribution in [0.25, 0.3) is 0 Å². The van der Waals surface area contributed by atoms with Crippen LogP contribution in [0.4, 0.5) is 4.39 Å². The third-order valence-electron chi connectivity index (χ3n) is 3.69. The Kier molecular flexibility index (Phi) is 4.48. The fourth-order valence-electron chi connectivity index (χ4n) is 2.42. The van der Waals surface area contributed by atoms with Crippen molar-refractivity contribution in [1.82, 2.24) is 14.9 Å². The van der Waals surface area contributed by atoms with Crippen molar-refractivity contribution in [3.05, 3.63) is 59.4 Å². The van der Waals surface area contributed by atoms with E-state index in [2.05, 4.69) is 9.97 Å². The van der Waals surface area contributed by atoms with Crippen LogP contribution in [0.3, 0.4) is 0 Å². The lowest BCUT2D eigenvalue weighted by molar-refractivity contribution is -0.0230. The van der Waals surface area contributed by atoms with Gasteiger partial charge >= 0.3 is 5.97 Å². The number of carbonyl (C=O) groups excluding carboxylic acids is 1. The minimum absolute atomic E-state index is 0.0692. The van der Waals surface area contributed by atoms with Crippen LogP contribution in [0.1, 0.15) is 32.6 Å². The Balaban J connectivity index is 1.72. The van der Waals surface area contributed by atoms with Crippen LogP contribution in [0, 0.1) is 5.82 Å². The van der Waals surface area contributed by atoms with E-state index in [1.54, 1.807) is 17.0 Å². The van der Waals surface area contributed by atoms with Gasteiger partial charge in [-0.15, -0.1) is 0 Å². The molecule has 0 aliphatic carbocycles. The first kappa shape index (κ1) is 16.0. The van der Waals surface area contributed by atoms with Crippen LogP contribution in [0.15, 0.2) is 36.7 Å². The number of amides is 1. The maximum Gasteiger partial charge on any atom is 0.356 e. The second kappa shape index (κ2) is 6.71. The van der Waals surface area contributed by atoms with E-state index in [1.807, 2.05) is 0 Å². The van der Waals surface area contributed by atoms with Gasteiger partial charge in [0, 0.05) is 6.54 Å². The number of carboxylic acids is 1. The molecule has 1 aliphatic heterocycles. The van der Waals surface area contributed by atoms with Gasteiger partial charge in [-0.3, -0.25) is 4.79 Å². The fraction of sp³-hybridized carbons (Fsp3) is 0.250. The van der Waals surface area contributed by atoms with E-state index in [1.165, 1.54) is 12.1 Å². The molecule has 1 aromatic heterocycles. The number of aromatic carboxylic acids is 1. The maximum absolute atomic E-state index is 13.0. The number of morpholine rings is 1. The molecule has 2 heterocycles. The van der Waals surface area contributed by atoms with E-state index < -0.39 is 5.97 Å². The van der Waals surface area contributed by atoms with Crippen molar-refractivity contribution in [3.8, 4) is 0 Å². The van der Waals surface area contributed by atoms with Crippen molar-refractivity contribution in [2.24, 2.45) is 0 Å². The molecule has 2 aromatic rings. The molecular formula is C16H14FN3O4. The Hall–Kier alpha value is -2.87. The molecule has 0 bridgehead atoms. The Morgan fingerprint density at radius 1 is 1.17 bits per heavy atom. The van der Waals surface area contributed by atoms with Crippen LogP contribution in [0.5, 0.6) is 0 Å². The second-order valence-electron chi connectivity index (χ2n) is 5.25. The van der Waals surface area contributed by atoms with Crippen LogP contribution < -0.4 is 0 Å². The summed E-state index contributed by atoms with van der Waals surface area (Å²) in [6, 6.07) is 5.93. The van der Waals surface area contributed by atoms with Gasteiger partial charge in [0.1, 0.15) is 17.6 Å². The topological polar surface area (TPSA) is 92.6 Å². The van der Waals surface area contributed by atoms with E-state index in [-0.39, 0.29) is 29.2 Å². The Morgan fingerprint density at radius 2 is 1.83 bits per heavy atom. The average molecular weight is 331 g/mol. The van der Waals surface area contributed by atoms with Crippen molar-refractivity contribution in [3.63, 3.8) is 0 Å². The number of nitrogens with zero attached hydrogens (tertiary/aromatic N) is 3. The molecule has 0 saturated carbocycles. The number of ether oxygens (including phenoxy) is 1. The number of hydrogen-bond donors (Lipinski definition) is 1. The first-order valence-corrected chi connectivity index (χ1v) is 7.26. The Labute approximate surface area is 136 Å². The number of rotatable bonds is 3. The molecule has 1 amide bonds. The molecule has 1 aliphatic rings. The highest BCUT2D eigenvalue weighted by molar-refractivity contribution is 5.92. The molecule has 1 saturated heterocycles. The van der Waals surface area contributed by atoms with Gasteiger partial charge in [0.2, 0.25) is 0 Å². The number of benzene rings is 1. The predicted molar refractivity (Wildman–Crippen MR) is 80.0 cm³/mol. The molecule has 1 N–H and O–H groups in total. The normalized spacial score (nSPS) is 17.5. The van der Waals surface area contributed by atoms with Crippen molar-refractivity contribution < 1.29 is 23.8 Å². The lowest BCUT2D eigenvalue weighted by Gasteiger charge is -2.33. The number of aromatic nitrogens is 2. The third-order valence-corrected chi connectivity index (χ3v) is 3.69. The van der Waals surface area contributed by atoms with E-state index in [0.717, 1.165) is 18.0 Å². The summed E-state index contributed by atoms with van der Waals surface area (Å²) < 4.78 is 18.6. The molecule has 24 heavy (non-hydrogen) atoms. The molecule has 7 nitrogen and oxygen atoms in total. The monoisotopic (exact) mass is 331 g/mol. The highest BCUT2D eigenvalue weighted by Gasteiger charge is 2.27. The standard InChI is InChI=1S/C16H14FN3O4/c17-11-3-1-10(2-4-11)14-9-20(5-6-24-14)15(21)12-7-19-13(8-18-12)16(22)23/h1-4,7-8,14H,5-6,9H2,(H,22,23). The van der Waals surface area contributed by atoms with E-state index in [0.29, 0.717) is 19.7 Å². The summed E-state index contributed by atoms with van der Waals surface area (Å²) >= 11 is 0. The van der Waals surface area contributed by atoms with Crippen LogP contribution in [-0.2, 0) is 4.74 Å². The highest BCUT2D eigenvalue weighted by Crippen LogP contribution is 2.23. The van der Waals surface area contributed by atoms with Crippen LogP contribution >= 0.6 is 0 Å². The minimum Gasteiger partial charge on any atom is -0.476 e. The highest BCUT2D eigenvalue weighted by atomic mass is 19.1. The molecule has 1 aromatic carbocycles. The predicted octanol–water partition coefficient (Wildman–Crippen LogP) is 1.53. The lowest BCUT2D eigenvalue weighted by Crippen LogP contribution is -2.42. The Bertz CT molecular complexity index is 749. The average Bonchev–Trinajstić information content (AvgIpc) is 2.62. The number of hydrogen-bond acceptors (Lipinski definition) is 5. The van der Waals surface area contributed by atoms with Gasteiger partial charge in [-0.05, 0) is 17.7 Å². The van der Waals surface area contributed by atoms with Crippen molar-refractivity contribution in [1.29, 1.82) is 0 Å². The number of carbonyl (C=O) groups is 2. The largest absolute Gasteiger partial charge is 0.476 e. The summed E-state index contributed by atoms with van der Waals surface area (Å²) in [5.41, 5.74) is 0.624. The molecule has 1 fully saturated rings. The summed E-state index contributed by atoms with van der Waals surface area (Å²) in [6.07, 6.45) is 1.84. The number of halogens is 1. The van der Waals surface area contributed by atoms with Gasteiger partial charge in [-0.1, -0.05) is 12.1 Å². The van der Waals surface area contributed by atoms with Gasteiger partial charge in [0.25, 0.3) is 5.91 Å². The van der Waals surface area contributed by atoms with Gasteiger partial charge in [-0.25, -0.2) is 19.2 Å². The zero-order valence-electron chi connectivity index (χ0n) is 12.6. The molecule has 3 rings (SSSR count). The van der Waals surface area contributed by atoms with Crippen LogP contribution in [-0.4, -0.2) is 51.5 Å². The SMILES string of the molecule is O=C(O)c1cnc(C(=O)N2CCOC(c3ccc(F)cc3)C2)cn1. The van der Waals surface area contributed by atoms with Crippen molar-refractivity contribution in [2.75, 3.05) is 19.7 Å². The molecular weight excluding hydrogens is 317 g/mol. The van der Waals surface area contributed by atoms with Crippen molar-refractivity contribution >= 4 is 11.9 Å². The molecule has 1 atom stereocenters. The number of carboxylic acid groups (broad SMARTS) is 1. The zero-order chi connectivity index (χ0) is 17.1. The second-order valence-corrected chi connectivity index (χ2v) is 5.25. The summed E-state index contributed by atoms with van der Waals surface area (Å²) in [4.78, 5) is 32.4. The summed E-state index contributed by atoms with van der Waals surface area (Å²) in [5, 5.41) is 8.80. The smallest absolute Gasteiger partial charge is 0.356 e. The van der Waals surface area contributed by atoms with Gasteiger partial charge in [-0.2, -0.15) is 0 Å². The van der Waals surface area contributed by atoms with E-state index in [9.17, 15) is 14.0 Å². The molecule has 0 spiro atoms. The van der Waals surface area contributed by atoms with Gasteiger partial charge in [0.05, 0.1) is 25.5 Å². The summed E-state index contributed by atoms with van der Waals surface area (Å²) in [6.45, 7) is 1.03. The van der Waals surface area contributed by atoms with E-state index >= 15 is 0 Å². The maximum atomic E-state index is 13.0. The zero-order valence-corrected chi connectivity index (χ0v) is 12.6.